The molecule has 1 heterocycles. The zero-order chi connectivity index (χ0) is 13.1. The van der Waals surface area contributed by atoms with Gasteiger partial charge in [-0.2, -0.15) is 0 Å². The molecule has 2 N–H and O–H groups in total. The van der Waals surface area contributed by atoms with Crippen LogP contribution >= 0.6 is 0 Å². The molecule has 1 atom stereocenters. The topological polar surface area (TPSA) is 75.6 Å². The van der Waals surface area contributed by atoms with Crippen LogP contribution in [0.25, 0.3) is 0 Å². The lowest BCUT2D eigenvalue weighted by Crippen LogP contribution is -2.51. The molecule has 1 saturated heterocycles. The molecule has 0 aliphatic carbocycles. The predicted octanol–water partition coefficient (Wildman–Crippen LogP) is 1.03. The largest absolute Gasteiger partial charge is 0.480 e. The lowest BCUT2D eigenvalue weighted by molar-refractivity contribution is -0.146. The van der Waals surface area contributed by atoms with Crippen molar-refractivity contribution in [1.82, 2.24) is 5.32 Å². The second kappa shape index (κ2) is 5.49. The van der Waals surface area contributed by atoms with Gasteiger partial charge in [-0.1, -0.05) is 20.8 Å². The number of carboxylic acids is 1. The van der Waals surface area contributed by atoms with Crippen LogP contribution in [-0.4, -0.2) is 36.2 Å². The predicted molar refractivity (Wildman–Crippen MR) is 62.6 cm³/mol. The number of carboxylic acid groups (broad SMARTS) is 1. The van der Waals surface area contributed by atoms with Crippen LogP contribution < -0.4 is 5.32 Å². The Balaban J connectivity index is 2.60. The zero-order valence-electron chi connectivity index (χ0n) is 10.7. The highest BCUT2D eigenvalue weighted by atomic mass is 16.5. The van der Waals surface area contributed by atoms with Crippen molar-refractivity contribution in [2.24, 2.45) is 11.3 Å². The van der Waals surface area contributed by atoms with Crippen LogP contribution in [-0.2, 0) is 14.3 Å². The van der Waals surface area contributed by atoms with E-state index in [-0.39, 0.29) is 11.8 Å². The van der Waals surface area contributed by atoms with Gasteiger partial charge in [-0.05, 0) is 18.3 Å². The number of hydrogen-bond donors (Lipinski definition) is 2. The smallest absolute Gasteiger partial charge is 0.326 e. The number of nitrogens with one attached hydrogen (secondary N) is 1. The normalized spacial score (nSPS) is 19.7. The van der Waals surface area contributed by atoms with Crippen LogP contribution in [0, 0.1) is 11.3 Å². The summed E-state index contributed by atoms with van der Waals surface area (Å²) in [5.74, 6) is -1.28. The van der Waals surface area contributed by atoms with Gasteiger partial charge in [0.1, 0.15) is 6.04 Å². The van der Waals surface area contributed by atoms with Gasteiger partial charge in [0.15, 0.2) is 0 Å². The Bertz CT molecular complexity index is 289. The summed E-state index contributed by atoms with van der Waals surface area (Å²) >= 11 is 0. The Morgan fingerprint density at radius 2 is 1.82 bits per heavy atom. The van der Waals surface area contributed by atoms with E-state index in [0.29, 0.717) is 26.1 Å². The number of rotatable bonds is 3. The quantitative estimate of drug-likeness (QED) is 0.776. The third-order valence-electron chi connectivity index (χ3n) is 2.99. The van der Waals surface area contributed by atoms with E-state index in [9.17, 15) is 9.59 Å². The molecule has 0 aromatic rings. The second-order valence-corrected chi connectivity index (χ2v) is 5.53. The molecule has 1 rings (SSSR count). The molecule has 1 fully saturated rings. The molecule has 98 valence electrons. The number of hydrogen-bond acceptors (Lipinski definition) is 3. The molecule has 0 aromatic carbocycles. The molecule has 17 heavy (non-hydrogen) atoms. The number of amides is 1. The first kappa shape index (κ1) is 14.0. The average Bonchev–Trinajstić information content (AvgIpc) is 2.24. The third kappa shape index (κ3) is 4.00. The van der Waals surface area contributed by atoms with E-state index in [4.69, 9.17) is 9.84 Å². The van der Waals surface area contributed by atoms with Gasteiger partial charge in [0.25, 0.3) is 0 Å². The van der Waals surface area contributed by atoms with Gasteiger partial charge in [-0.25, -0.2) is 4.79 Å². The summed E-state index contributed by atoms with van der Waals surface area (Å²) in [6.07, 6.45) is 1.34. The lowest BCUT2D eigenvalue weighted by atomic mass is 9.86. The van der Waals surface area contributed by atoms with Gasteiger partial charge in [-0.15, -0.1) is 0 Å². The van der Waals surface area contributed by atoms with E-state index in [1.54, 1.807) is 20.8 Å². The fraction of sp³-hybridized carbons (Fsp3) is 0.833. The molecule has 0 unspecified atom stereocenters. The molecule has 0 bridgehead atoms. The number of aliphatic carboxylic acids is 1. The van der Waals surface area contributed by atoms with Crippen LogP contribution in [0.15, 0.2) is 0 Å². The standard InChI is InChI=1S/C12H21NO4/c1-12(2,3)9(11(15)16)13-10(14)8-4-6-17-7-5-8/h8-9H,4-7H2,1-3H3,(H,13,14)(H,15,16)/t9-/m0/s1. The minimum absolute atomic E-state index is 0.118. The summed E-state index contributed by atoms with van der Waals surface area (Å²) < 4.78 is 5.17. The summed E-state index contributed by atoms with van der Waals surface area (Å²) in [6.45, 7) is 6.55. The molecule has 0 aromatic heterocycles. The van der Waals surface area contributed by atoms with Gasteiger partial charge < -0.3 is 15.2 Å². The molecule has 5 heteroatoms. The van der Waals surface area contributed by atoms with Crippen molar-refractivity contribution in [3.8, 4) is 0 Å². The molecular weight excluding hydrogens is 222 g/mol. The van der Waals surface area contributed by atoms with Crippen molar-refractivity contribution in [3.05, 3.63) is 0 Å². The van der Waals surface area contributed by atoms with Gasteiger partial charge in [0.2, 0.25) is 5.91 Å². The average molecular weight is 243 g/mol. The van der Waals surface area contributed by atoms with Crippen molar-refractivity contribution in [1.29, 1.82) is 0 Å². The van der Waals surface area contributed by atoms with Gasteiger partial charge in [0, 0.05) is 19.1 Å². The SMILES string of the molecule is CC(C)(C)[C@@H](NC(=O)C1CCOCC1)C(=O)O. The second-order valence-electron chi connectivity index (χ2n) is 5.53. The summed E-state index contributed by atoms with van der Waals surface area (Å²) in [7, 11) is 0. The molecular formula is C12H21NO4. The summed E-state index contributed by atoms with van der Waals surface area (Å²) in [5.41, 5.74) is -0.493. The van der Waals surface area contributed by atoms with Gasteiger partial charge >= 0.3 is 5.97 Å². The molecule has 1 aliphatic heterocycles. The number of carbonyl (C=O) groups is 2. The van der Waals surface area contributed by atoms with Gasteiger partial charge in [0.05, 0.1) is 0 Å². The Kier molecular flexibility index (Phi) is 4.51. The van der Waals surface area contributed by atoms with Crippen molar-refractivity contribution < 1.29 is 19.4 Å². The molecule has 1 amide bonds. The van der Waals surface area contributed by atoms with E-state index >= 15 is 0 Å². The van der Waals surface area contributed by atoms with E-state index < -0.39 is 17.4 Å². The first-order valence-electron chi connectivity index (χ1n) is 5.93. The first-order valence-corrected chi connectivity index (χ1v) is 5.93. The third-order valence-corrected chi connectivity index (χ3v) is 2.99. The number of ether oxygens (including phenoxy) is 1. The maximum absolute atomic E-state index is 11.9. The Labute approximate surface area is 102 Å². The summed E-state index contributed by atoms with van der Waals surface area (Å²) in [6, 6.07) is -0.849. The van der Waals surface area contributed by atoms with Crippen molar-refractivity contribution in [2.75, 3.05) is 13.2 Å². The minimum atomic E-state index is -0.988. The van der Waals surface area contributed by atoms with E-state index in [2.05, 4.69) is 5.32 Å². The van der Waals surface area contributed by atoms with Crippen LogP contribution in [0.4, 0.5) is 0 Å². The Morgan fingerprint density at radius 3 is 2.24 bits per heavy atom. The first-order chi connectivity index (χ1) is 7.82. The van der Waals surface area contributed by atoms with Gasteiger partial charge in [-0.3, -0.25) is 4.79 Å². The van der Waals surface area contributed by atoms with Crippen LogP contribution in [0.2, 0.25) is 0 Å². The van der Waals surface area contributed by atoms with E-state index in [0.717, 1.165) is 0 Å². The van der Waals surface area contributed by atoms with Crippen LogP contribution in [0.5, 0.6) is 0 Å². The van der Waals surface area contributed by atoms with Crippen LogP contribution in [0.1, 0.15) is 33.6 Å². The maximum Gasteiger partial charge on any atom is 0.326 e. The lowest BCUT2D eigenvalue weighted by Gasteiger charge is -2.30. The van der Waals surface area contributed by atoms with Crippen molar-refractivity contribution in [2.45, 2.75) is 39.7 Å². The summed E-state index contributed by atoms with van der Waals surface area (Å²) in [4.78, 5) is 23.1. The highest BCUT2D eigenvalue weighted by molar-refractivity contribution is 5.85. The monoisotopic (exact) mass is 243 g/mol. The maximum atomic E-state index is 11.9. The number of carbonyl (C=O) groups excluding carboxylic acids is 1. The van der Waals surface area contributed by atoms with Crippen molar-refractivity contribution in [3.63, 3.8) is 0 Å². The molecule has 1 aliphatic rings. The molecule has 0 saturated carbocycles. The molecule has 0 radical (unpaired) electrons. The fourth-order valence-corrected chi connectivity index (χ4v) is 1.87. The molecule has 0 spiro atoms. The highest BCUT2D eigenvalue weighted by Gasteiger charge is 2.34. The highest BCUT2D eigenvalue weighted by Crippen LogP contribution is 2.21. The summed E-state index contributed by atoms with van der Waals surface area (Å²) in [5, 5.41) is 11.7. The van der Waals surface area contributed by atoms with Crippen LogP contribution in [0.3, 0.4) is 0 Å². The Morgan fingerprint density at radius 1 is 1.29 bits per heavy atom. The van der Waals surface area contributed by atoms with E-state index in [1.165, 1.54) is 0 Å². The van der Waals surface area contributed by atoms with Crippen molar-refractivity contribution >= 4 is 11.9 Å². The minimum Gasteiger partial charge on any atom is -0.480 e. The molecule has 5 nitrogen and oxygen atoms in total. The fourth-order valence-electron chi connectivity index (χ4n) is 1.87. The Hall–Kier alpha value is -1.10. The zero-order valence-corrected chi connectivity index (χ0v) is 10.7. The van der Waals surface area contributed by atoms with E-state index in [1.807, 2.05) is 0 Å².